The van der Waals surface area contributed by atoms with Gasteiger partial charge in [0, 0.05) is 25.0 Å². The predicted octanol–water partition coefficient (Wildman–Crippen LogP) is 3.12. The van der Waals surface area contributed by atoms with Crippen LogP contribution >= 0.6 is 11.8 Å². The highest BCUT2D eigenvalue weighted by Gasteiger charge is 2.49. The topological polar surface area (TPSA) is 84.9 Å². The molecule has 3 fully saturated rings. The summed E-state index contributed by atoms with van der Waals surface area (Å²) in [7, 11) is 0. The van der Waals surface area contributed by atoms with Crippen molar-refractivity contribution >= 4 is 23.0 Å². The van der Waals surface area contributed by atoms with Crippen molar-refractivity contribution in [3.05, 3.63) is 0 Å². The third-order valence-corrected chi connectivity index (χ3v) is 6.22. The molecule has 0 radical (unpaired) electrons. The minimum Gasteiger partial charge on any atom is -0.462 e. The predicted molar refractivity (Wildman–Crippen MR) is 95.3 cm³/mol. The lowest BCUT2D eigenvalue weighted by Crippen LogP contribution is -2.58. The lowest BCUT2D eigenvalue weighted by Gasteiger charge is -2.43. The van der Waals surface area contributed by atoms with Crippen molar-refractivity contribution in [1.29, 1.82) is 0 Å². The van der Waals surface area contributed by atoms with Crippen LogP contribution in [0.2, 0.25) is 0 Å². The van der Waals surface area contributed by atoms with Gasteiger partial charge in [-0.2, -0.15) is 0 Å². The van der Waals surface area contributed by atoms with Crippen molar-refractivity contribution in [3.63, 3.8) is 0 Å². The zero-order valence-corrected chi connectivity index (χ0v) is 15.5. The lowest BCUT2D eigenvalue weighted by molar-refractivity contribution is -0.284. The van der Waals surface area contributed by atoms with Crippen LogP contribution in [0.15, 0.2) is 0 Å². The molecular weight excluding hydrogens is 342 g/mol. The Morgan fingerprint density at radius 1 is 1.04 bits per heavy atom. The quantitative estimate of drug-likeness (QED) is 0.689. The Bertz CT molecular complexity index is 488. The first kappa shape index (κ1) is 19.0. The van der Waals surface area contributed by atoms with Gasteiger partial charge in [0.05, 0.1) is 12.1 Å². The molecule has 3 rings (SSSR count). The molecule has 3 aliphatic heterocycles. The van der Waals surface area contributed by atoms with Gasteiger partial charge in [-0.3, -0.25) is 9.59 Å². The maximum atomic E-state index is 12.1. The van der Waals surface area contributed by atoms with Gasteiger partial charge in [0.1, 0.15) is 6.10 Å². The van der Waals surface area contributed by atoms with Crippen LogP contribution in [0, 0.1) is 0 Å². The van der Waals surface area contributed by atoms with Crippen LogP contribution in [0.4, 0.5) is 4.79 Å². The molecule has 0 spiro atoms. The number of esters is 1. The summed E-state index contributed by atoms with van der Waals surface area (Å²) >= 11 is 1.16. The van der Waals surface area contributed by atoms with E-state index in [9.17, 15) is 14.7 Å². The average molecular weight is 371 g/mol. The number of thioether (sulfide) groups is 1. The first-order chi connectivity index (χ1) is 12.0. The standard InChI is InChI=1S/C18H29NO5S/c20-16-9-7-5-3-1-2-4-6-8-13-10-14(23-16)11-18(22,24-13)15-12-25-17(21)19-15/h13-15,22H,1-12H2,(H,19,21)/t13-,14?,15?,18?/m1/s1. The summed E-state index contributed by atoms with van der Waals surface area (Å²) in [6.07, 6.45) is 9.40. The van der Waals surface area contributed by atoms with Gasteiger partial charge in [-0.25, -0.2) is 0 Å². The van der Waals surface area contributed by atoms with Gasteiger partial charge in [-0.05, 0) is 12.8 Å². The van der Waals surface area contributed by atoms with E-state index in [-0.39, 0.29) is 29.8 Å². The molecule has 3 heterocycles. The number of carbonyl (C=O) groups excluding carboxylic acids is 2. The highest BCUT2D eigenvalue weighted by atomic mass is 32.2. The first-order valence-corrected chi connectivity index (χ1v) is 10.6. The van der Waals surface area contributed by atoms with Crippen LogP contribution in [0.3, 0.4) is 0 Å². The van der Waals surface area contributed by atoms with Gasteiger partial charge in [-0.1, -0.05) is 50.3 Å². The Balaban J connectivity index is 1.68. The van der Waals surface area contributed by atoms with Crippen molar-refractivity contribution in [2.45, 2.75) is 94.7 Å². The van der Waals surface area contributed by atoms with Gasteiger partial charge in [0.2, 0.25) is 0 Å². The summed E-state index contributed by atoms with van der Waals surface area (Å²) in [5.41, 5.74) is 0. The van der Waals surface area contributed by atoms with Gasteiger partial charge in [0.15, 0.2) is 5.79 Å². The zero-order chi connectivity index (χ0) is 17.7. The van der Waals surface area contributed by atoms with E-state index in [4.69, 9.17) is 9.47 Å². The van der Waals surface area contributed by atoms with Gasteiger partial charge >= 0.3 is 5.97 Å². The van der Waals surface area contributed by atoms with Crippen molar-refractivity contribution < 1.29 is 24.2 Å². The first-order valence-electron chi connectivity index (χ1n) is 9.58. The molecule has 0 aromatic heterocycles. The second-order valence-corrected chi connectivity index (χ2v) is 8.44. The number of hydrogen-bond donors (Lipinski definition) is 2. The molecule has 6 nitrogen and oxygen atoms in total. The van der Waals surface area contributed by atoms with Crippen LogP contribution in [-0.4, -0.2) is 46.1 Å². The molecule has 3 saturated heterocycles. The summed E-state index contributed by atoms with van der Waals surface area (Å²) < 4.78 is 11.7. The Morgan fingerprint density at radius 3 is 2.48 bits per heavy atom. The maximum absolute atomic E-state index is 12.1. The number of nitrogens with one attached hydrogen (secondary N) is 1. The monoisotopic (exact) mass is 371 g/mol. The number of fused-ring (bicyclic) bond motifs is 2. The second-order valence-electron chi connectivity index (χ2n) is 7.45. The Morgan fingerprint density at radius 2 is 1.76 bits per heavy atom. The molecule has 2 N–H and O–H groups in total. The molecule has 25 heavy (non-hydrogen) atoms. The number of ether oxygens (including phenoxy) is 2. The SMILES string of the molecule is O=C1CCCCCCCCC[C@@H]2CC(CC(O)(C3CSC(=O)N3)O2)O1. The Labute approximate surface area is 153 Å². The molecule has 3 unspecified atom stereocenters. The normalized spacial score (nSPS) is 38.5. The smallest absolute Gasteiger partial charge is 0.306 e. The van der Waals surface area contributed by atoms with Crippen molar-refractivity contribution in [2.24, 2.45) is 0 Å². The molecule has 0 aromatic carbocycles. The fourth-order valence-corrected chi connectivity index (χ4v) is 4.86. The molecule has 0 aromatic rings. The van der Waals surface area contributed by atoms with Crippen LogP contribution in [0.5, 0.6) is 0 Å². The van der Waals surface area contributed by atoms with Gasteiger partial charge < -0.3 is 19.9 Å². The molecular formula is C18H29NO5S. The molecule has 3 aliphatic rings. The van der Waals surface area contributed by atoms with E-state index in [1.165, 1.54) is 25.7 Å². The summed E-state index contributed by atoms with van der Waals surface area (Å²) in [4.78, 5) is 23.6. The molecule has 2 bridgehead atoms. The highest BCUT2D eigenvalue weighted by molar-refractivity contribution is 8.14. The molecule has 142 valence electrons. The minimum absolute atomic E-state index is 0.137. The number of carbonyl (C=O) groups is 2. The lowest BCUT2D eigenvalue weighted by atomic mass is 9.91. The Hall–Kier alpha value is -0.790. The van der Waals surface area contributed by atoms with Crippen molar-refractivity contribution in [2.75, 3.05) is 5.75 Å². The molecule has 1 amide bonds. The minimum atomic E-state index is -1.45. The summed E-state index contributed by atoms with van der Waals surface area (Å²) in [5, 5.41) is 13.7. The Kier molecular flexibility index (Phi) is 6.63. The highest BCUT2D eigenvalue weighted by Crippen LogP contribution is 2.36. The van der Waals surface area contributed by atoms with E-state index in [0.29, 0.717) is 18.6 Å². The van der Waals surface area contributed by atoms with Crippen molar-refractivity contribution in [1.82, 2.24) is 5.32 Å². The van der Waals surface area contributed by atoms with E-state index >= 15 is 0 Å². The zero-order valence-electron chi connectivity index (χ0n) is 14.7. The van der Waals surface area contributed by atoms with E-state index < -0.39 is 11.8 Å². The van der Waals surface area contributed by atoms with Crippen LogP contribution < -0.4 is 5.32 Å². The molecule has 0 aliphatic carbocycles. The third kappa shape index (κ3) is 5.34. The average Bonchev–Trinajstić information content (AvgIpc) is 2.99. The molecule has 0 saturated carbocycles. The van der Waals surface area contributed by atoms with E-state index in [1.54, 1.807) is 0 Å². The summed E-state index contributed by atoms with van der Waals surface area (Å²) in [5.74, 6) is -1.16. The van der Waals surface area contributed by atoms with Crippen LogP contribution in [0.25, 0.3) is 0 Å². The maximum Gasteiger partial charge on any atom is 0.306 e. The van der Waals surface area contributed by atoms with E-state index in [1.807, 2.05) is 0 Å². The summed E-state index contributed by atoms with van der Waals surface area (Å²) in [6.45, 7) is 0. The largest absolute Gasteiger partial charge is 0.462 e. The number of amides is 1. The number of aliphatic hydroxyl groups is 1. The van der Waals surface area contributed by atoms with Crippen LogP contribution in [-0.2, 0) is 14.3 Å². The number of rotatable bonds is 1. The second kappa shape index (κ2) is 8.73. The molecule has 7 heteroatoms. The van der Waals surface area contributed by atoms with Gasteiger partial charge in [0.25, 0.3) is 5.24 Å². The third-order valence-electron chi connectivity index (χ3n) is 5.34. The van der Waals surface area contributed by atoms with Crippen LogP contribution in [0.1, 0.15) is 70.6 Å². The van der Waals surface area contributed by atoms with E-state index in [0.717, 1.165) is 37.4 Å². The number of hydrogen-bond acceptors (Lipinski definition) is 6. The summed E-state index contributed by atoms with van der Waals surface area (Å²) in [6, 6.07) is -0.451. The van der Waals surface area contributed by atoms with E-state index in [2.05, 4.69) is 5.32 Å². The fraction of sp³-hybridized carbons (Fsp3) is 0.889. The van der Waals surface area contributed by atoms with Crippen molar-refractivity contribution in [3.8, 4) is 0 Å². The van der Waals surface area contributed by atoms with Gasteiger partial charge in [-0.15, -0.1) is 0 Å². The molecule has 4 atom stereocenters. The fourth-order valence-electron chi connectivity index (χ4n) is 3.98.